The van der Waals surface area contributed by atoms with E-state index in [1.54, 1.807) is 0 Å². The van der Waals surface area contributed by atoms with Crippen LogP contribution in [0.1, 0.15) is 12.8 Å². The minimum atomic E-state index is 0.288. The summed E-state index contributed by atoms with van der Waals surface area (Å²) in [7, 11) is 1.94. The lowest BCUT2D eigenvalue weighted by Crippen LogP contribution is -2.33. The number of likely N-dealkylation sites (N-methyl/N-ethyl adjacent to an activating group) is 1. The third-order valence-electron chi connectivity index (χ3n) is 2.14. The Hall–Kier alpha value is -0.600. The van der Waals surface area contributed by atoms with E-state index in [0.717, 1.165) is 19.4 Å². The van der Waals surface area contributed by atoms with Gasteiger partial charge in [-0.2, -0.15) is 0 Å². The lowest BCUT2D eigenvalue weighted by molar-refractivity contribution is 0.487. The first-order valence-electron chi connectivity index (χ1n) is 4.56. The molecule has 2 heteroatoms. The molecule has 1 aliphatic rings. The zero-order valence-corrected chi connectivity index (χ0v) is 7.66. The minimum absolute atomic E-state index is 0.288. The number of allylic oxidation sites excluding steroid dienone is 4. The number of rotatable bonds is 4. The third-order valence-corrected chi connectivity index (χ3v) is 2.14. The van der Waals surface area contributed by atoms with Crippen molar-refractivity contribution in [1.29, 1.82) is 0 Å². The van der Waals surface area contributed by atoms with E-state index >= 15 is 0 Å². The highest BCUT2D eigenvalue weighted by Crippen LogP contribution is 2.16. The standard InChI is InChI=1S/C10H18N2/c1-12-8-10(11)7-9-5-3-2-4-6-9/h2-5,9-10,12H,6-8,11H2,1H3/t9?,10-/m0/s1. The zero-order valence-electron chi connectivity index (χ0n) is 7.66. The van der Waals surface area contributed by atoms with Gasteiger partial charge in [0, 0.05) is 12.6 Å². The van der Waals surface area contributed by atoms with Crippen molar-refractivity contribution in [3.05, 3.63) is 24.3 Å². The Kier molecular flexibility index (Phi) is 4.05. The van der Waals surface area contributed by atoms with Crippen LogP contribution in [0.5, 0.6) is 0 Å². The van der Waals surface area contributed by atoms with E-state index in [1.165, 1.54) is 0 Å². The molecule has 1 rings (SSSR count). The molecular weight excluding hydrogens is 148 g/mol. The van der Waals surface area contributed by atoms with Crippen molar-refractivity contribution < 1.29 is 0 Å². The SMILES string of the molecule is CNC[C@@H](N)CC1C=CC=CC1. The number of hydrogen-bond acceptors (Lipinski definition) is 2. The summed E-state index contributed by atoms with van der Waals surface area (Å²) in [4.78, 5) is 0. The van der Waals surface area contributed by atoms with Gasteiger partial charge in [-0.15, -0.1) is 0 Å². The van der Waals surface area contributed by atoms with Crippen molar-refractivity contribution in [2.75, 3.05) is 13.6 Å². The van der Waals surface area contributed by atoms with Gasteiger partial charge in [-0.25, -0.2) is 0 Å². The van der Waals surface area contributed by atoms with Gasteiger partial charge in [-0.05, 0) is 25.8 Å². The second-order valence-electron chi connectivity index (χ2n) is 3.36. The van der Waals surface area contributed by atoms with Crippen molar-refractivity contribution in [3.63, 3.8) is 0 Å². The number of nitrogens with two attached hydrogens (primary N) is 1. The first-order chi connectivity index (χ1) is 5.83. The molecule has 3 N–H and O–H groups in total. The Labute approximate surface area is 74.5 Å². The lowest BCUT2D eigenvalue weighted by atomic mass is 9.94. The summed E-state index contributed by atoms with van der Waals surface area (Å²) in [6.07, 6.45) is 10.9. The van der Waals surface area contributed by atoms with Crippen LogP contribution in [0.4, 0.5) is 0 Å². The molecule has 0 bridgehead atoms. The molecule has 0 aliphatic heterocycles. The van der Waals surface area contributed by atoms with E-state index in [0.29, 0.717) is 5.92 Å². The molecule has 0 aromatic heterocycles. The van der Waals surface area contributed by atoms with Gasteiger partial charge in [0.25, 0.3) is 0 Å². The topological polar surface area (TPSA) is 38.0 Å². The van der Waals surface area contributed by atoms with Crippen LogP contribution >= 0.6 is 0 Å². The summed E-state index contributed by atoms with van der Waals surface area (Å²) in [5.41, 5.74) is 5.89. The molecule has 0 spiro atoms. The Morgan fingerprint density at radius 1 is 1.58 bits per heavy atom. The molecule has 0 saturated heterocycles. The fraction of sp³-hybridized carbons (Fsp3) is 0.600. The van der Waals surface area contributed by atoms with E-state index in [2.05, 4.69) is 29.6 Å². The fourth-order valence-electron chi connectivity index (χ4n) is 1.54. The fourth-order valence-corrected chi connectivity index (χ4v) is 1.54. The highest BCUT2D eigenvalue weighted by molar-refractivity contribution is 5.11. The van der Waals surface area contributed by atoms with E-state index < -0.39 is 0 Å². The molecule has 0 fully saturated rings. The van der Waals surface area contributed by atoms with Gasteiger partial charge < -0.3 is 11.1 Å². The summed E-state index contributed by atoms with van der Waals surface area (Å²) in [6.45, 7) is 0.911. The van der Waals surface area contributed by atoms with Gasteiger partial charge in [-0.3, -0.25) is 0 Å². The van der Waals surface area contributed by atoms with Crippen molar-refractivity contribution in [2.45, 2.75) is 18.9 Å². The Morgan fingerprint density at radius 2 is 2.42 bits per heavy atom. The largest absolute Gasteiger partial charge is 0.327 e. The second-order valence-corrected chi connectivity index (χ2v) is 3.36. The van der Waals surface area contributed by atoms with Gasteiger partial charge in [0.1, 0.15) is 0 Å². The van der Waals surface area contributed by atoms with Crippen LogP contribution in [0.3, 0.4) is 0 Å². The average Bonchev–Trinajstić information content (AvgIpc) is 2.06. The molecule has 0 aromatic carbocycles. The molecule has 0 saturated carbocycles. The van der Waals surface area contributed by atoms with E-state index in [9.17, 15) is 0 Å². The Morgan fingerprint density at radius 3 is 3.00 bits per heavy atom. The van der Waals surface area contributed by atoms with Crippen molar-refractivity contribution in [1.82, 2.24) is 5.32 Å². The number of hydrogen-bond donors (Lipinski definition) is 2. The maximum atomic E-state index is 5.89. The average molecular weight is 166 g/mol. The van der Waals surface area contributed by atoms with Crippen LogP contribution in [0.15, 0.2) is 24.3 Å². The van der Waals surface area contributed by atoms with Crippen molar-refractivity contribution in [2.24, 2.45) is 11.7 Å². The van der Waals surface area contributed by atoms with Crippen LogP contribution in [0.2, 0.25) is 0 Å². The van der Waals surface area contributed by atoms with Crippen LogP contribution in [0, 0.1) is 5.92 Å². The summed E-state index contributed by atoms with van der Waals surface area (Å²) in [6, 6.07) is 0.288. The van der Waals surface area contributed by atoms with Crippen molar-refractivity contribution >= 4 is 0 Å². The monoisotopic (exact) mass is 166 g/mol. The molecule has 1 unspecified atom stereocenters. The smallest absolute Gasteiger partial charge is 0.0170 e. The van der Waals surface area contributed by atoms with Gasteiger partial charge in [-0.1, -0.05) is 24.3 Å². The highest BCUT2D eigenvalue weighted by atomic mass is 14.9. The molecule has 0 heterocycles. The van der Waals surface area contributed by atoms with Gasteiger partial charge in [0.05, 0.1) is 0 Å². The summed E-state index contributed by atoms with van der Waals surface area (Å²) < 4.78 is 0. The highest BCUT2D eigenvalue weighted by Gasteiger charge is 2.09. The quantitative estimate of drug-likeness (QED) is 0.655. The van der Waals surface area contributed by atoms with Crippen molar-refractivity contribution in [3.8, 4) is 0 Å². The Bertz CT molecular complexity index is 173. The van der Waals surface area contributed by atoms with Gasteiger partial charge in [0.15, 0.2) is 0 Å². The molecule has 0 aromatic rings. The minimum Gasteiger partial charge on any atom is -0.327 e. The number of nitrogens with one attached hydrogen (secondary N) is 1. The molecule has 2 atom stereocenters. The molecule has 1 aliphatic carbocycles. The molecule has 68 valence electrons. The predicted molar refractivity (Wildman–Crippen MR) is 52.9 cm³/mol. The Balaban J connectivity index is 2.22. The van der Waals surface area contributed by atoms with Gasteiger partial charge >= 0.3 is 0 Å². The maximum absolute atomic E-state index is 5.89. The molecule has 0 radical (unpaired) electrons. The second kappa shape index (κ2) is 5.12. The van der Waals surface area contributed by atoms with Crippen LogP contribution < -0.4 is 11.1 Å². The first-order valence-corrected chi connectivity index (χ1v) is 4.56. The zero-order chi connectivity index (χ0) is 8.81. The molecule has 2 nitrogen and oxygen atoms in total. The first kappa shape index (κ1) is 9.49. The lowest BCUT2D eigenvalue weighted by Gasteiger charge is -2.17. The predicted octanol–water partition coefficient (Wildman–Crippen LogP) is 1.06. The molecule has 12 heavy (non-hydrogen) atoms. The van der Waals surface area contributed by atoms with E-state index in [1.807, 2.05) is 7.05 Å². The van der Waals surface area contributed by atoms with E-state index in [-0.39, 0.29) is 6.04 Å². The van der Waals surface area contributed by atoms with Crippen LogP contribution in [0.25, 0.3) is 0 Å². The summed E-state index contributed by atoms with van der Waals surface area (Å²) >= 11 is 0. The van der Waals surface area contributed by atoms with Gasteiger partial charge in [0.2, 0.25) is 0 Å². The molecule has 0 amide bonds. The van der Waals surface area contributed by atoms with Crippen LogP contribution in [-0.4, -0.2) is 19.6 Å². The maximum Gasteiger partial charge on any atom is 0.0170 e. The third kappa shape index (κ3) is 3.20. The van der Waals surface area contributed by atoms with Crippen LogP contribution in [-0.2, 0) is 0 Å². The molecular formula is C10H18N2. The summed E-state index contributed by atoms with van der Waals surface area (Å²) in [5.74, 6) is 0.651. The summed E-state index contributed by atoms with van der Waals surface area (Å²) in [5, 5.41) is 3.09. The van der Waals surface area contributed by atoms with E-state index in [4.69, 9.17) is 5.73 Å². The normalized spacial score (nSPS) is 24.3.